The number of ether oxygens (including phenoxy) is 3. The Morgan fingerprint density at radius 2 is 2.36 bits per heavy atom. The summed E-state index contributed by atoms with van der Waals surface area (Å²) in [7, 11) is 3.03. The molecule has 0 saturated carbocycles. The molecule has 2 unspecified atom stereocenters. The first-order valence-electron chi connectivity index (χ1n) is 4.63. The molecule has 5 heteroatoms. The highest BCUT2D eigenvalue weighted by Gasteiger charge is 2.60. The van der Waals surface area contributed by atoms with Gasteiger partial charge in [0.25, 0.3) is 0 Å². The van der Waals surface area contributed by atoms with Gasteiger partial charge in [-0.1, -0.05) is 0 Å². The van der Waals surface area contributed by atoms with Gasteiger partial charge < -0.3 is 19.5 Å². The van der Waals surface area contributed by atoms with Crippen LogP contribution in [-0.2, 0) is 19.0 Å². The third-order valence-corrected chi connectivity index (χ3v) is 2.98. The Morgan fingerprint density at radius 3 is 2.86 bits per heavy atom. The first kappa shape index (κ1) is 9.89. The Bertz CT molecular complexity index is 245. The van der Waals surface area contributed by atoms with Crippen LogP contribution in [0.15, 0.2) is 0 Å². The van der Waals surface area contributed by atoms with Crippen molar-refractivity contribution in [2.24, 2.45) is 0 Å². The summed E-state index contributed by atoms with van der Waals surface area (Å²) >= 11 is 0. The van der Waals surface area contributed by atoms with Crippen LogP contribution in [0.3, 0.4) is 0 Å². The van der Waals surface area contributed by atoms with Gasteiger partial charge in [-0.15, -0.1) is 0 Å². The summed E-state index contributed by atoms with van der Waals surface area (Å²) in [5.74, 6) is -0.291. The monoisotopic (exact) mass is 201 g/mol. The molecular weight excluding hydrogens is 186 g/mol. The Hall–Kier alpha value is -0.650. The number of morpholine rings is 1. The topological polar surface area (TPSA) is 56.8 Å². The second kappa shape index (κ2) is 3.18. The van der Waals surface area contributed by atoms with Crippen molar-refractivity contribution in [3.63, 3.8) is 0 Å². The summed E-state index contributed by atoms with van der Waals surface area (Å²) < 4.78 is 15.4. The van der Waals surface area contributed by atoms with E-state index in [1.165, 1.54) is 7.11 Å². The molecule has 2 fully saturated rings. The van der Waals surface area contributed by atoms with E-state index in [9.17, 15) is 4.79 Å². The summed E-state index contributed by atoms with van der Waals surface area (Å²) in [6.07, 6.45) is 0.639. The molecule has 2 atom stereocenters. The molecule has 5 nitrogen and oxygen atoms in total. The molecule has 1 N–H and O–H groups in total. The molecule has 0 aromatic carbocycles. The quantitative estimate of drug-likeness (QED) is 0.612. The van der Waals surface area contributed by atoms with Crippen LogP contribution in [0.4, 0.5) is 0 Å². The van der Waals surface area contributed by atoms with Gasteiger partial charge in [-0.3, -0.25) is 0 Å². The lowest BCUT2D eigenvalue weighted by Crippen LogP contribution is -2.51. The van der Waals surface area contributed by atoms with Crippen molar-refractivity contribution in [2.45, 2.75) is 17.6 Å². The second-order valence-electron chi connectivity index (χ2n) is 4.02. The van der Waals surface area contributed by atoms with Gasteiger partial charge in [0.15, 0.2) is 5.60 Å². The van der Waals surface area contributed by atoms with E-state index in [-0.39, 0.29) is 11.5 Å². The summed E-state index contributed by atoms with van der Waals surface area (Å²) in [5.41, 5.74) is -0.962. The lowest BCUT2D eigenvalue weighted by molar-refractivity contribution is -0.164. The van der Waals surface area contributed by atoms with Gasteiger partial charge in [0, 0.05) is 20.1 Å². The van der Waals surface area contributed by atoms with Crippen LogP contribution < -0.4 is 5.32 Å². The van der Waals surface area contributed by atoms with Crippen LogP contribution in [0.2, 0.25) is 0 Å². The number of methoxy groups -OCH3 is 2. The maximum atomic E-state index is 11.5. The number of carbonyl (C=O) groups is 1. The van der Waals surface area contributed by atoms with Crippen LogP contribution in [-0.4, -0.2) is 51.1 Å². The molecule has 2 aliphatic heterocycles. The molecule has 80 valence electrons. The predicted octanol–water partition coefficient (Wildman–Crippen LogP) is -0.693. The van der Waals surface area contributed by atoms with Gasteiger partial charge in [-0.05, 0) is 0 Å². The minimum absolute atomic E-state index is 0.192. The molecule has 2 saturated heterocycles. The molecule has 14 heavy (non-hydrogen) atoms. The van der Waals surface area contributed by atoms with Gasteiger partial charge in [-0.25, -0.2) is 4.79 Å². The number of hydrogen-bond acceptors (Lipinski definition) is 5. The van der Waals surface area contributed by atoms with E-state index in [1.807, 2.05) is 0 Å². The van der Waals surface area contributed by atoms with Crippen molar-refractivity contribution < 1.29 is 19.0 Å². The number of nitrogens with one attached hydrogen (secondary N) is 1. The molecule has 2 aliphatic rings. The maximum Gasteiger partial charge on any atom is 0.339 e. The zero-order valence-corrected chi connectivity index (χ0v) is 8.46. The summed E-state index contributed by atoms with van der Waals surface area (Å²) in [5, 5.41) is 3.28. The SMILES string of the molecule is COCC12COC(C(=O)OC)(CN1)C2. The van der Waals surface area contributed by atoms with Crippen LogP contribution in [0.1, 0.15) is 6.42 Å². The van der Waals surface area contributed by atoms with E-state index in [2.05, 4.69) is 5.32 Å². The van der Waals surface area contributed by atoms with E-state index < -0.39 is 5.60 Å². The zero-order chi connectivity index (χ0) is 10.2. The van der Waals surface area contributed by atoms with Crippen molar-refractivity contribution in [2.75, 3.05) is 34.0 Å². The molecular formula is C9H15NO4. The van der Waals surface area contributed by atoms with E-state index in [0.717, 1.165) is 0 Å². The van der Waals surface area contributed by atoms with Crippen molar-refractivity contribution >= 4 is 5.97 Å². The largest absolute Gasteiger partial charge is 0.467 e. The van der Waals surface area contributed by atoms with Gasteiger partial charge in [0.2, 0.25) is 0 Å². The molecule has 0 aromatic rings. The van der Waals surface area contributed by atoms with Gasteiger partial charge >= 0.3 is 5.97 Å². The second-order valence-corrected chi connectivity index (χ2v) is 4.02. The summed E-state index contributed by atoms with van der Waals surface area (Å²) in [6, 6.07) is 0. The van der Waals surface area contributed by atoms with Crippen LogP contribution in [0, 0.1) is 0 Å². The predicted molar refractivity (Wildman–Crippen MR) is 47.9 cm³/mol. The smallest absolute Gasteiger partial charge is 0.339 e. The number of esters is 1. The first-order valence-corrected chi connectivity index (χ1v) is 4.63. The molecule has 0 aliphatic carbocycles. The van der Waals surface area contributed by atoms with Crippen LogP contribution >= 0.6 is 0 Å². The first-order chi connectivity index (χ1) is 6.66. The number of fused-ring (bicyclic) bond motifs is 2. The van der Waals surface area contributed by atoms with E-state index in [4.69, 9.17) is 14.2 Å². The lowest BCUT2D eigenvalue weighted by atomic mass is 9.95. The third-order valence-electron chi connectivity index (χ3n) is 2.98. The van der Waals surface area contributed by atoms with Gasteiger partial charge in [0.1, 0.15) is 0 Å². The van der Waals surface area contributed by atoms with Crippen molar-refractivity contribution in [3.05, 3.63) is 0 Å². The highest BCUT2D eigenvalue weighted by molar-refractivity contribution is 5.81. The van der Waals surface area contributed by atoms with Crippen molar-refractivity contribution in [1.29, 1.82) is 0 Å². The molecule has 0 spiro atoms. The number of rotatable bonds is 3. The fourth-order valence-electron chi connectivity index (χ4n) is 2.29. The van der Waals surface area contributed by atoms with E-state index >= 15 is 0 Å². The summed E-state index contributed by atoms with van der Waals surface area (Å²) in [6.45, 7) is 1.59. The average Bonchev–Trinajstić information content (AvgIpc) is 2.74. The highest BCUT2D eigenvalue weighted by Crippen LogP contribution is 2.39. The molecule has 0 amide bonds. The Kier molecular flexibility index (Phi) is 2.25. The van der Waals surface area contributed by atoms with E-state index in [0.29, 0.717) is 26.2 Å². The zero-order valence-electron chi connectivity index (χ0n) is 8.46. The third kappa shape index (κ3) is 1.24. The normalized spacial score (nSPS) is 40.1. The van der Waals surface area contributed by atoms with Crippen LogP contribution in [0.25, 0.3) is 0 Å². The Morgan fingerprint density at radius 1 is 1.57 bits per heavy atom. The van der Waals surface area contributed by atoms with Crippen molar-refractivity contribution in [1.82, 2.24) is 5.32 Å². The Balaban J connectivity index is 2.12. The fourth-order valence-corrected chi connectivity index (χ4v) is 2.29. The molecule has 2 heterocycles. The van der Waals surface area contributed by atoms with Gasteiger partial charge in [0.05, 0.1) is 25.9 Å². The fraction of sp³-hybridized carbons (Fsp3) is 0.889. The number of carbonyl (C=O) groups excluding carboxylic acids is 1. The van der Waals surface area contributed by atoms with E-state index in [1.54, 1.807) is 7.11 Å². The molecule has 2 rings (SSSR count). The van der Waals surface area contributed by atoms with Crippen LogP contribution in [0.5, 0.6) is 0 Å². The lowest BCUT2D eigenvalue weighted by Gasteiger charge is -2.27. The average molecular weight is 201 g/mol. The Labute approximate surface area is 82.7 Å². The summed E-state index contributed by atoms with van der Waals surface area (Å²) in [4.78, 5) is 11.5. The number of hydrogen-bond donors (Lipinski definition) is 1. The minimum Gasteiger partial charge on any atom is -0.467 e. The standard InChI is InChI=1S/C9H15NO4/c1-12-5-8-3-9(4-10-8,14-6-8)7(11)13-2/h10H,3-6H2,1-2H3. The highest BCUT2D eigenvalue weighted by atomic mass is 16.6. The molecule has 0 aromatic heterocycles. The van der Waals surface area contributed by atoms with Gasteiger partial charge in [-0.2, -0.15) is 0 Å². The molecule has 0 radical (unpaired) electrons. The van der Waals surface area contributed by atoms with Crippen molar-refractivity contribution in [3.8, 4) is 0 Å². The molecule has 2 bridgehead atoms. The maximum absolute atomic E-state index is 11.5. The minimum atomic E-state index is -0.771.